The van der Waals surface area contributed by atoms with Crippen molar-refractivity contribution in [1.82, 2.24) is 5.43 Å². The number of carbonyl (C=O) groups excluding carboxylic acids is 1. The van der Waals surface area contributed by atoms with E-state index in [4.69, 9.17) is 0 Å². The number of nitrogens with zero attached hydrogens (tertiary/aromatic N) is 1. The molecule has 1 heterocycles. The van der Waals surface area contributed by atoms with Gasteiger partial charge in [0.1, 0.15) is 5.75 Å². The van der Waals surface area contributed by atoms with Crippen molar-refractivity contribution in [2.75, 3.05) is 0 Å². The van der Waals surface area contributed by atoms with Crippen LogP contribution in [0.4, 0.5) is 0 Å². The second-order valence-electron chi connectivity index (χ2n) is 5.87. The molecule has 0 aliphatic carbocycles. The van der Waals surface area contributed by atoms with Gasteiger partial charge in [-0.1, -0.05) is 43.7 Å². The van der Waals surface area contributed by atoms with Crippen LogP contribution in [0.15, 0.2) is 71.1 Å². The molecule has 1 amide bonds. The van der Waals surface area contributed by atoms with Crippen molar-refractivity contribution < 1.29 is 9.90 Å². The summed E-state index contributed by atoms with van der Waals surface area (Å²) in [7, 11) is 0. The van der Waals surface area contributed by atoms with Crippen molar-refractivity contribution in [3.8, 4) is 5.75 Å². The number of hydrogen-bond donors (Lipinski definition) is 2. The zero-order valence-electron chi connectivity index (χ0n) is 14.5. The smallest absolute Gasteiger partial charge is 0.272 e. The van der Waals surface area contributed by atoms with Crippen LogP contribution in [0.3, 0.4) is 0 Å². The third kappa shape index (κ3) is 4.37. The first-order valence-corrected chi connectivity index (χ1v) is 9.35. The Balaban J connectivity index is 1.86. The van der Waals surface area contributed by atoms with Gasteiger partial charge in [-0.15, -0.1) is 11.3 Å². The number of thiophene rings is 1. The number of phenols is 1. The minimum atomic E-state index is -0.226. The molecule has 0 saturated heterocycles. The minimum absolute atomic E-state index is 0.187. The molecule has 0 atom stereocenters. The highest BCUT2D eigenvalue weighted by atomic mass is 32.1. The number of nitrogens with one attached hydrogen (secondary N) is 1. The van der Waals surface area contributed by atoms with E-state index in [2.05, 4.69) is 17.5 Å². The van der Waals surface area contributed by atoms with E-state index in [0.29, 0.717) is 11.3 Å². The quantitative estimate of drug-likeness (QED) is 0.496. The summed E-state index contributed by atoms with van der Waals surface area (Å²) in [5.74, 6) is -0.0391. The molecule has 26 heavy (non-hydrogen) atoms. The molecule has 0 radical (unpaired) electrons. The predicted octanol–water partition coefficient (Wildman–Crippen LogP) is 4.59. The van der Waals surface area contributed by atoms with Gasteiger partial charge in [0.2, 0.25) is 0 Å². The van der Waals surface area contributed by atoms with Crippen LogP contribution in [-0.4, -0.2) is 16.7 Å². The van der Waals surface area contributed by atoms with Crippen molar-refractivity contribution in [3.05, 3.63) is 87.6 Å². The third-order valence-corrected chi connectivity index (χ3v) is 4.87. The standard InChI is InChI=1S/C21H20N2O2S/c1-2-6-19-13-17(14-26-19)21(25)23-22-20(15-7-4-3-5-8-15)16-9-11-18(24)12-10-16/h3-5,7-14,24H,2,6H2,1H3,(H,23,25). The topological polar surface area (TPSA) is 61.7 Å². The SMILES string of the molecule is CCCc1cc(C(=O)NN=C(c2ccccc2)c2ccc(O)cc2)cs1. The second-order valence-corrected chi connectivity index (χ2v) is 6.86. The summed E-state index contributed by atoms with van der Waals surface area (Å²) in [4.78, 5) is 13.6. The predicted molar refractivity (Wildman–Crippen MR) is 106 cm³/mol. The number of aryl methyl sites for hydroxylation is 1. The molecule has 5 heteroatoms. The Labute approximate surface area is 156 Å². The average Bonchev–Trinajstić information content (AvgIpc) is 3.13. The van der Waals surface area contributed by atoms with E-state index in [1.165, 1.54) is 4.88 Å². The van der Waals surface area contributed by atoms with E-state index < -0.39 is 0 Å². The number of hydrazone groups is 1. The van der Waals surface area contributed by atoms with Gasteiger partial charge in [-0.3, -0.25) is 4.79 Å². The molecule has 2 aromatic carbocycles. The molecular formula is C21H20N2O2S. The Kier molecular flexibility index (Phi) is 5.81. The van der Waals surface area contributed by atoms with Gasteiger partial charge in [-0.25, -0.2) is 5.43 Å². The van der Waals surface area contributed by atoms with Crippen LogP contribution < -0.4 is 5.43 Å². The van der Waals surface area contributed by atoms with Crippen LogP contribution in [0.25, 0.3) is 0 Å². The molecule has 0 unspecified atom stereocenters. The van der Waals surface area contributed by atoms with Gasteiger partial charge in [0.15, 0.2) is 0 Å². The number of rotatable bonds is 6. The number of carbonyl (C=O) groups is 1. The van der Waals surface area contributed by atoms with Crippen molar-refractivity contribution in [1.29, 1.82) is 0 Å². The molecule has 132 valence electrons. The summed E-state index contributed by atoms with van der Waals surface area (Å²) in [6, 6.07) is 18.3. The first-order chi connectivity index (χ1) is 12.7. The van der Waals surface area contributed by atoms with E-state index in [1.54, 1.807) is 35.6 Å². The summed E-state index contributed by atoms with van der Waals surface area (Å²) in [5, 5.41) is 15.7. The zero-order valence-corrected chi connectivity index (χ0v) is 15.3. The summed E-state index contributed by atoms with van der Waals surface area (Å²) in [6.07, 6.45) is 2.03. The van der Waals surface area contributed by atoms with E-state index in [9.17, 15) is 9.90 Å². The van der Waals surface area contributed by atoms with Crippen LogP contribution >= 0.6 is 11.3 Å². The van der Waals surface area contributed by atoms with Gasteiger partial charge in [-0.05, 0) is 36.8 Å². The van der Waals surface area contributed by atoms with E-state index in [1.807, 2.05) is 41.8 Å². The largest absolute Gasteiger partial charge is 0.508 e. The molecule has 0 spiro atoms. The lowest BCUT2D eigenvalue weighted by atomic mass is 10.0. The highest BCUT2D eigenvalue weighted by molar-refractivity contribution is 7.10. The molecule has 3 aromatic rings. The minimum Gasteiger partial charge on any atom is -0.508 e. The van der Waals surface area contributed by atoms with E-state index in [0.717, 1.165) is 24.0 Å². The molecular weight excluding hydrogens is 344 g/mol. The summed E-state index contributed by atoms with van der Waals surface area (Å²) in [6.45, 7) is 2.12. The molecule has 0 saturated carbocycles. The fourth-order valence-corrected chi connectivity index (χ4v) is 3.53. The van der Waals surface area contributed by atoms with Crippen LogP contribution in [-0.2, 0) is 6.42 Å². The third-order valence-electron chi connectivity index (χ3n) is 3.87. The van der Waals surface area contributed by atoms with Crippen molar-refractivity contribution in [2.24, 2.45) is 5.10 Å². The average molecular weight is 364 g/mol. The maximum atomic E-state index is 12.4. The van der Waals surface area contributed by atoms with Crippen LogP contribution in [0.1, 0.15) is 39.7 Å². The van der Waals surface area contributed by atoms with Crippen LogP contribution in [0, 0.1) is 0 Å². The summed E-state index contributed by atoms with van der Waals surface area (Å²) < 4.78 is 0. The Morgan fingerprint density at radius 2 is 1.73 bits per heavy atom. The lowest BCUT2D eigenvalue weighted by Crippen LogP contribution is -2.20. The number of aromatic hydroxyl groups is 1. The second kappa shape index (κ2) is 8.45. The molecule has 0 aliphatic heterocycles. The molecule has 3 rings (SSSR count). The molecule has 0 bridgehead atoms. The van der Waals surface area contributed by atoms with Gasteiger partial charge < -0.3 is 5.11 Å². The molecule has 2 N–H and O–H groups in total. The Bertz CT molecular complexity index is 899. The molecule has 4 nitrogen and oxygen atoms in total. The highest BCUT2D eigenvalue weighted by Gasteiger charge is 2.11. The fraction of sp³-hybridized carbons (Fsp3) is 0.143. The van der Waals surface area contributed by atoms with Gasteiger partial charge >= 0.3 is 0 Å². The zero-order chi connectivity index (χ0) is 18.4. The lowest BCUT2D eigenvalue weighted by Gasteiger charge is -2.08. The monoisotopic (exact) mass is 364 g/mol. The Morgan fingerprint density at radius 1 is 1.04 bits per heavy atom. The van der Waals surface area contributed by atoms with Crippen molar-refractivity contribution in [3.63, 3.8) is 0 Å². The maximum Gasteiger partial charge on any atom is 0.272 e. The number of benzene rings is 2. The van der Waals surface area contributed by atoms with E-state index >= 15 is 0 Å². The first kappa shape index (κ1) is 17.9. The molecule has 0 fully saturated rings. The van der Waals surface area contributed by atoms with E-state index in [-0.39, 0.29) is 11.7 Å². The first-order valence-electron chi connectivity index (χ1n) is 8.47. The number of hydrogen-bond acceptors (Lipinski definition) is 4. The summed E-state index contributed by atoms with van der Waals surface area (Å²) in [5.41, 5.74) is 5.62. The molecule has 0 aliphatic rings. The molecule has 1 aromatic heterocycles. The normalized spacial score (nSPS) is 11.3. The number of phenolic OH excluding ortho intramolecular Hbond substituents is 1. The van der Waals surface area contributed by atoms with Gasteiger partial charge in [0, 0.05) is 21.4 Å². The summed E-state index contributed by atoms with van der Waals surface area (Å²) >= 11 is 1.59. The van der Waals surface area contributed by atoms with Gasteiger partial charge in [-0.2, -0.15) is 5.10 Å². The van der Waals surface area contributed by atoms with Crippen LogP contribution in [0.5, 0.6) is 5.75 Å². The van der Waals surface area contributed by atoms with Gasteiger partial charge in [0.05, 0.1) is 11.3 Å². The fourth-order valence-electron chi connectivity index (χ4n) is 2.56. The Morgan fingerprint density at radius 3 is 2.42 bits per heavy atom. The number of amides is 1. The van der Waals surface area contributed by atoms with Crippen molar-refractivity contribution in [2.45, 2.75) is 19.8 Å². The highest BCUT2D eigenvalue weighted by Crippen LogP contribution is 2.17. The van der Waals surface area contributed by atoms with Crippen LogP contribution in [0.2, 0.25) is 0 Å². The van der Waals surface area contributed by atoms with Gasteiger partial charge in [0.25, 0.3) is 5.91 Å². The maximum absolute atomic E-state index is 12.4. The Hall–Kier alpha value is -2.92. The van der Waals surface area contributed by atoms with Crippen molar-refractivity contribution >= 4 is 23.0 Å². The lowest BCUT2D eigenvalue weighted by molar-refractivity contribution is 0.0955.